The molecule has 0 bridgehead atoms. The van der Waals surface area contributed by atoms with Gasteiger partial charge in [0.1, 0.15) is 0 Å². The normalized spacial score (nSPS) is 9.75. The molecule has 20 heavy (non-hydrogen) atoms. The average molecular weight is 282 g/mol. The molecule has 0 aromatic heterocycles. The van der Waals surface area contributed by atoms with Crippen LogP contribution in [0.3, 0.4) is 0 Å². The van der Waals surface area contributed by atoms with Crippen LogP contribution in [0.2, 0.25) is 0 Å². The lowest BCUT2D eigenvalue weighted by Crippen LogP contribution is -2.40. The maximum absolute atomic E-state index is 11.3. The fourth-order valence-corrected chi connectivity index (χ4v) is 1.58. The quantitative estimate of drug-likeness (QED) is 0.568. The van der Waals surface area contributed by atoms with Crippen molar-refractivity contribution in [2.75, 3.05) is 27.9 Å². The Balaban J connectivity index is 2.50. The summed E-state index contributed by atoms with van der Waals surface area (Å²) in [5.41, 5.74) is 2.89. The van der Waals surface area contributed by atoms with Gasteiger partial charge in [0.2, 0.25) is 0 Å². The van der Waals surface area contributed by atoms with Gasteiger partial charge < -0.3 is 14.8 Å². The molecule has 0 heterocycles. The Morgan fingerprint density at radius 3 is 2.35 bits per heavy atom. The summed E-state index contributed by atoms with van der Waals surface area (Å²) in [6.45, 7) is 0.325. The second-order valence-corrected chi connectivity index (χ2v) is 3.83. The molecule has 0 radical (unpaired) electrons. The summed E-state index contributed by atoms with van der Waals surface area (Å²) >= 11 is 0. The van der Waals surface area contributed by atoms with Crippen LogP contribution >= 0.6 is 0 Å². The van der Waals surface area contributed by atoms with Gasteiger partial charge in [0, 0.05) is 6.54 Å². The third-order valence-electron chi connectivity index (χ3n) is 2.55. The number of hydrogen-bond acceptors (Lipinski definition) is 5. The van der Waals surface area contributed by atoms with Crippen LogP contribution in [0.5, 0.6) is 11.5 Å². The SMILES string of the molecule is CONC(=O)C(=O)NCCc1ccc(OC)c(OC)c1. The molecule has 0 atom stereocenters. The number of ether oxygens (including phenoxy) is 2. The first kappa shape index (κ1) is 15.8. The van der Waals surface area contributed by atoms with Crippen LogP contribution in [0.15, 0.2) is 18.2 Å². The zero-order chi connectivity index (χ0) is 15.0. The van der Waals surface area contributed by atoms with Gasteiger partial charge in [-0.1, -0.05) is 6.07 Å². The van der Waals surface area contributed by atoms with E-state index in [1.807, 2.05) is 17.6 Å². The summed E-state index contributed by atoms with van der Waals surface area (Å²) in [4.78, 5) is 26.7. The first-order valence-corrected chi connectivity index (χ1v) is 5.94. The lowest BCUT2D eigenvalue weighted by Gasteiger charge is -2.10. The Kier molecular flexibility index (Phi) is 6.31. The van der Waals surface area contributed by atoms with Crippen molar-refractivity contribution in [2.24, 2.45) is 0 Å². The van der Waals surface area contributed by atoms with Crippen molar-refractivity contribution in [3.8, 4) is 11.5 Å². The smallest absolute Gasteiger partial charge is 0.332 e. The van der Waals surface area contributed by atoms with E-state index in [0.717, 1.165) is 5.56 Å². The molecule has 2 N–H and O–H groups in total. The van der Waals surface area contributed by atoms with Gasteiger partial charge in [0.05, 0.1) is 21.3 Å². The molecule has 0 fully saturated rings. The van der Waals surface area contributed by atoms with Gasteiger partial charge in [0.25, 0.3) is 0 Å². The molecule has 0 aliphatic carbocycles. The van der Waals surface area contributed by atoms with Crippen LogP contribution in [-0.4, -0.2) is 39.7 Å². The summed E-state index contributed by atoms with van der Waals surface area (Å²) in [6.07, 6.45) is 0.562. The van der Waals surface area contributed by atoms with Gasteiger partial charge in [-0.05, 0) is 24.1 Å². The first-order chi connectivity index (χ1) is 9.62. The molecule has 0 unspecified atom stereocenters. The van der Waals surface area contributed by atoms with E-state index in [1.165, 1.54) is 7.11 Å². The van der Waals surface area contributed by atoms with Crippen molar-refractivity contribution >= 4 is 11.8 Å². The zero-order valence-corrected chi connectivity index (χ0v) is 11.7. The van der Waals surface area contributed by atoms with Crippen LogP contribution in [0.1, 0.15) is 5.56 Å². The Hall–Kier alpha value is -2.28. The van der Waals surface area contributed by atoms with E-state index >= 15 is 0 Å². The van der Waals surface area contributed by atoms with E-state index in [4.69, 9.17) is 9.47 Å². The highest BCUT2D eigenvalue weighted by molar-refractivity contribution is 6.34. The van der Waals surface area contributed by atoms with Gasteiger partial charge in [-0.25, -0.2) is 5.48 Å². The molecule has 1 aromatic rings. The van der Waals surface area contributed by atoms with Gasteiger partial charge in [0.15, 0.2) is 11.5 Å². The Labute approximate surface area is 117 Å². The summed E-state index contributed by atoms with van der Waals surface area (Å²) in [6, 6.07) is 5.47. The van der Waals surface area contributed by atoms with Crippen LogP contribution in [-0.2, 0) is 20.8 Å². The first-order valence-electron chi connectivity index (χ1n) is 5.94. The molecule has 0 aliphatic rings. The number of carbonyl (C=O) groups is 2. The minimum atomic E-state index is -0.834. The van der Waals surface area contributed by atoms with E-state index in [2.05, 4.69) is 10.2 Å². The van der Waals surface area contributed by atoms with Gasteiger partial charge >= 0.3 is 11.8 Å². The topological polar surface area (TPSA) is 85.9 Å². The molecule has 2 amide bonds. The van der Waals surface area contributed by atoms with Crippen LogP contribution in [0.4, 0.5) is 0 Å². The van der Waals surface area contributed by atoms with Crippen LogP contribution in [0, 0.1) is 0 Å². The molecule has 0 saturated heterocycles. The van der Waals surface area contributed by atoms with Crippen molar-refractivity contribution in [3.05, 3.63) is 23.8 Å². The molecule has 0 saturated carbocycles. The Morgan fingerprint density at radius 2 is 1.75 bits per heavy atom. The van der Waals surface area contributed by atoms with E-state index in [-0.39, 0.29) is 0 Å². The monoisotopic (exact) mass is 282 g/mol. The molecule has 7 heteroatoms. The van der Waals surface area contributed by atoms with E-state index in [1.54, 1.807) is 20.3 Å². The summed E-state index contributed by atoms with van der Waals surface area (Å²) in [7, 11) is 4.37. The second-order valence-electron chi connectivity index (χ2n) is 3.83. The maximum Gasteiger partial charge on any atom is 0.332 e. The van der Waals surface area contributed by atoms with Crippen molar-refractivity contribution in [1.82, 2.24) is 10.8 Å². The Morgan fingerprint density at radius 1 is 1.05 bits per heavy atom. The third-order valence-corrected chi connectivity index (χ3v) is 2.55. The molecule has 7 nitrogen and oxygen atoms in total. The number of nitrogens with one attached hydrogen (secondary N) is 2. The number of hydroxylamine groups is 1. The second kappa shape index (κ2) is 8.00. The molecule has 0 spiro atoms. The molecule has 1 aromatic carbocycles. The number of rotatable bonds is 6. The van der Waals surface area contributed by atoms with Crippen molar-refractivity contribution in [3.63, 3.8) is 0 Å². The number of carbonyl (C=O) groups excluding carboxylic acids is 2. The highest BCUT2D eigenvalue weighted by atomic mass is 16.6. The molecular weight excluding hydrogens is 264 g/mol. The third kappa shape index (κ3) is 4.43. The largest absolute Gasteiger partial charge is 0.493 e. The lowest BCUT2D eigenvalue weighted by molar-refractivity contribution is -0.145. The summed E-state index contributed by atoms with van der Waals surface area (Å²) < 4.78 is 10.3. The van der Waals surface area contributed by atoms with Gasteiger partial charge in [-0.3, -0.25) is 14.4 Å². The van der Waals surface area contributed by atoms with Crippen molar-refractivity contribution in [2.45, 2.75) is 6.42 Å². The summed E-state index contributed by atoms with van der Waals surface area (Å²) in [5.74, 6) is -0.319. The number of hydrogen-bond donors (Lipinski definition) is 2. The molecule has 1 rings (SSSR count). The van der Waals surface area contributed by atoms with Crippen molar-refractivity contribution in [1.29, 1.82) is 0 Å². The van der Waals surface area contributed by atoms with Crippen LogP contribution in [0.25, 0.3) is 0 Å². The standard InChI is InChI=1S/C13H18N2O5/c1-18-10-5-4-9(8-11(10)19-2)6-7-14-12(16)13(17)15-20-3/h4-5,8H,6-7H2,1-3H3,(H,14,16)(H,15,17). The van der Waals surface area contributed by atoms with Gasteiger partial charge in [-0.15, -0.1) is 0 Å². The predicted octanol–water partition coefficient (Wildman–Crippen LogP) is 0.0401. The zero-order valence-electron chi connectivity index (χ0n) is 11.7. The Bertz CT molecular complexity index is 476. The van der Waals surface area contributed by atoms with E-state index in [9.17, 15) is 9.59 Å². The highest BCUT2D eigenvalue weighted by Crippen LogP contribution is 2.27. The number of methoxy groups -OCH3 is 2. The van der Waals surface area contributed by atoms with Gasteiger partial charge in [-0.2, -0.15) is 0 Å². The molecular formula is C13H18N2O5. The highest BCUT2D eigenvalue weighted by Gasteiger charge is 2.12. The fraction of sp³-hybridized carbons (Fsp3) is 0.385. The minimum Gasteiger partial charge on any atom is -0.493 e. The van der Waals surface area contributed by atoms with E-state index < -0.39 is 11.8 Å². The predicted molar refractivity (Wildman–Crippen MR) is 71.4 cm³/mol. The minimum absolute atomic E-state index is 0.325. The summed E-state index contributed by atoms with van der Waals surface area (Å²) in [5, 5.41) is 2.48. The number of amides is 2. The maximum atomic E-state index is 11.3. The van der Waals surface area contributed by atoms with Crippen LogP contribution < -0.4 is 20.3 Å². The van der Waals surface area contributed by atoms with E-state index in [0.29, 0.717) is 24.5 Å². The fourth-order valence-electron chi connectivity index (χ4n) is 1.58. The number of benzene rings is 1. The molecule has 110 valence electrons. The molecule has 0 aliphatic heterocycles. The average Bonchev–Trinajstić information content (AvgIpc) is 2.47. The lowest BCUT2D eigenvalue weighted by atomic mass is 10.1. The van der Waals surface area contributed by atoms with Crippen molar-refractivity contribution < 1.29 is 23.9 Å².